The van der Waals surface area contributed by atoms with Crippen LogP contribution in [0.2, 0.25) is 5.02 Å². The zero-order valence-corrected chi connectivity index (χ0v) is 15.7. The Hall–Kier alpha value is -3.15. The van der Waals surface area contributed by atoms with Gasteiger partial charge in [0.05, 0.1) is 6.21 Å². The number of hydrogen-bond acceptors (Lipinski definition) is 4. The second kappa shape index (κ2) is 9.69. The SMILES string of the molecule is O=C(N/N=C\c1ccc(OCc2ccccc2Cl)cc1)[C@H](O)c1ccccc1. The zero-order valence-electron chi connectivity index (χ0n) is 15.0. The van der Waals surface area contributed by atoms with E-state index >= 15 is 0 Å². The molecule has 1 amide bonds. The average molecular weight is 395 g/mol. The fourth-order valence-electron chi connectivity index (χ4n) is 2.44. The fourth-order valence-corrected chi connectivity index (χ4v) is 2.64. The second-order valence-corrected chi connectivity index (χ2v) is 6.40. The molecule has 2 N–H and O–H groups in total. The molecule has 0 aliphatic rings. The van der Waals surface area contributed by atoms with Gasteiger partial charge in [0.2, 0.25) is 0 Å². The maximum atomic E-state index is 11.9. The molecule has 0 unspecified atom stereocenters. The molecule has 3 aromatic carbocycles. The van der Waals surface area contributed by atoms with Gasteiger partial charge in [0.1, 0.15) is 12.4 Å². The van der Waals surface area contributed by atoms with Gasteiger partial charge in [-0.15, -0.1) is 0 Å². The van der Waals surface area contributed by atoms with E-state index in [0.717, 1.165) is 11.1 Å². The quantitative estimate of drug-likeness (QED) is 0.468. The normalized spacial score (nSPS) is 11.9. The van der Waals surface area contributed by atoms with E-state index < -0.39 is 12.0 Å². The van der Waals surface area contributed by atoms with Gasteiger partial charge in [0.15, 0.2) is 6.10 Å². The van der Waals surface area contributed by atoms with E-state index in [-0.39, 0.29) is 0 Å². The van der Waals surface area contributed by atoms with E-state index in [9.17, 15) is 9.90 Å². The molecule has 0 saturated heterocycles. The Kier molecular flexibility index (Phi) is 6.78. The van der Waals surface area contributed by atoms with Crippen molar-refractivity contribution in [3.05, 3.63) is 101 Å². The molecule has 1 atom stereocenters. The number of halogens is 1. The molecular weight excluding hydrogens is 376 g/mol. The van der Waals surface area contributed by atoms with Gasteiger partial charge >= 0.3 is 0 Å². The number of hydrogen-bond donors (Lipinski definition) is 2. The van der Waals surface area contributed by atoms with E-state index in [1.165, 1.54) is 6.21 Å². The summed E-state index contributed by atoms with van der Waals surface area (Å²) in [6.07, 6.45) is 0.229. The minimum absolute atomic E-state index is 0.376. The van der Waals surface area contributed by atoms with Crippen LogP contribution in [0.25, 0.3) is 0 Å². The van der Waals surface area contributed by atoms with Crippen molar-refractivity contribution in [2.75, 3.05) is 0 Å². The summed E-state index contributed by atoms with van der Waals surface area (Å²) >= 11 is 6.11. The molecule has 6 heteroatoms. The van der Waals surface area contributed by atoms with E-state index in [1.54, 1.807) is 36.4 Å². The lowest BCUT2D eigenvalue weighted by atomic mass is 10.1. The standard InChI is InChI=1S/C22H19ClN2O3/c23-20-9-5-4-8-18(20)15-28-19-12-10-16(11-13-19)14-24-25-22(27)21(26)17-6-2-1-3-7-17/h1-14,21,26H,15H2,(H,25,27)/b24-14-/t21-/m1/s1. The summed E-state index contributed by atoms with van der Waals surface area (Å²) in [6, 6.07) is 23.4. The average Bonchev–Trinajstić information content (AvgIpc) is 2.74. The Bertz CT molecular complexity index is 944. The minimum Gasteiger partial charge on any atom is -0.489 e. The molecule has 142 valence electrons. The van der Waals surface area contributed by atoms with Crippen LogP contribution in [0.3, 0.4) is 0 Å². The molecule has 3 rings (SSSR count). The molecule has 28 heavy (non-hydrogen) atoms. The van der Waals surface area contributed by atoms with Crippen LogP contribution in [-0.2, 0) is 11.4 Å². The smallest absolute Gasteiger partial charge is 0.273 e. The van der Waals surface area contributed by atoms with Crippen LogP contribution in [0.15, 0.2) is 84.0 Å². The number of amides is 1. The largest absolute Gasteiger partial charge is 0.489 e. The van der Waals surface area contributed by atoms with Crippen LogP contribution in [0.1, 0.15) is 22.8 Å². The van der Waals surface area contributed by atoms with Gasteiger partial charge in [0.25, 0.3) is 5.91 Å². The monoisotopic (exact) mass is 394 g/mol. The van der Waals surface area contributed by atoms with Crippen molar-refractivity contribution in [1.82, 2.24) is 5.43 Å². The van der Waals surface area contributed by atoms with E-state index in [4.69, 9.17) is 16.3 Å². The summed E-state index contributed by atoms with van der Waals surface area (Å²) in [4.78, 5) is 11.9. The molecule has 0 saturated carbocycles. The Morgan fingerprint density at radius 3 is 2.43 bits per heavy atom. The third kappa shape index (κ3) is 5.42. The van der Waals surface area contributed by atoms with Gasteiger partial charge in [0, 0.05) is 10.6 Å². The van der Waals surface area contributed by atoms with Crippen LogP contribution < -0.4 is 10.2 Å². The highest BCUT2D eigenvalue weighted by Gasteiger charge is 2.15. The number of nitrogens with one attached hydrogen (secondary N) is 1. The van der Waals surface area contributed by atoms with Crippen LogP contribution in [0.5, 0.6) is 5.75 Å². The fraction of sp³-hybridized carbons (Fsp3) is 0.0909. The van der Waals surface area contributed by atoms with Crippen molar-refractivity contribution in [2.24, 2.45) is 5.10 Å². The van der Waals surface area contributed by atoms with Crippen LogP contribution in [-0.4, -0.2) is 17.2 Å². The number of aliphatic hydroxyl groups excluding tert-OH is 1. The highest BCUT2D eigenvalue weighted by Crippen LogP contribution is 2.18. The van der Waals surface area contributed by atoms with E-state index in [2.05, 4.69) is 10.5 Å². The van der Waals surface area contributed by atoms with Crippen LogP contribution in [0.4, 0.5) is 0 Å². The summed E-state index contributed by atoms with van der Waals surface area (Å²) in [5.74, 6) is 0.0998. The van der Waals surface area contributed by atoms with Crippen molar-refractivity contribution in [3.63, 3.8) is 0 Å². The summed E-state index contributed by atoms with van der Waals surface area (Å²) in [5.41, 5.74) is 4.53. The number of rotatable bonds is 7. The molecule has 0 fully saturated rings. The van der Waals surface area contributed by atoms with Gasteiger partial charge in [-0.3, -0.25) is 4.79 Å². The zero-order chi connectivity index (χ0) is 19.8. The van der Waals surface area contributed by atoms with Crippen molar-refractivity contribution in [3.8, 4) is 5.75 Å². The highest BCUT2D eigenvalue weighted by molar-refractivity contribution is 6.31. The summed E-state index contributed by atoms with van der Waals surface area (Å²) in [7, 11) is 0. The summed E-state index contributed by atoms with van der Waals surface area (Å²) < 4.78 is 5.72. The number of ether oxygens (including phenoxy) is 1. The Morgan fingerprint density at radius 1 is 1.04 bits per heavy atom. The van der Waals surface area contributed by atoms with Crippen molar-refractivity contribution in [2.45, 2.75) is 12.7 Å². The number of benzene rings is 3. The van der Waals surface area contributed by atoms with Crippen molar-refractivity contribution < 1.29 is 14.6 Å². The molecule has 0 aromatic heterocycles. The molecule has 0 aliphatic heterocycles. The Balaban J connectivity index is 1.51. The molecular formula is C22H19ClN2O3. The van der Waals surface area contributed by atoms with Gasteiger partial charge in [-0.2, -0.15) is 5.10 Å². The van der Waals surface area contributed by atoms with Crippen molar-refractivity contribution >= 4 is 23.7 Å². The number of aliphatic hydroxyl groups is 1. The van der Waals surface area contributed by atoms with Crippen LogP contribution >= 0.6 is 11.6 Å². The highest BCUT2D eigenvalue weighted by atomic mass is 35.5. The Labute approximate surface area is 168 Å². The van der Waals surface area contributed by atoms with Crippen molar-refractivity contribution in [1.29, 1.82) is 0 Å². The molecule has 5 nitrogen and oxygen atoms in total. The lowest BCUT2D eigenvalue weighted by molar-refractivity contribution is -0.129. The second-order valence-electron chi connectivity index (χ2n) is 6.00. The first-order valence-electron chi connectivity index (χ1n) is 8.65. The predicted molar refractivity (Wildman–Crippen MR) is 109 cm³/mol. The van der Waals surface area contributed by atoms with E-state index in [0.29, 0.717) is 22.9 Å². The summed E-state index contributed by atoms with van der Waals surface area (Å²) in [5, 5.41) is 14.5. The maximum absolute atomic E-state index is 11.9. The first kappa shape index (κ1) is 19.6. The lowest BCUT2D eigenvalue weighted by Crippen LogP contribution is -2.25. The number of carbonyl (C=O) groups is 1. The van der Waals surface area contributed by atoms with Gasteiger partial charge in [-0.1, -0.05) is 60.1 Å². The predicted octanol–water partition coefficient (Wildman–Crippen LogP) is 4.10. The maximum Gasteiger partial charge on any atom is 0.273 e. The van der Waals surface area contributed by atoms with Gasteiger partial charge in [-0.05, 0) is 41.5 Å². The van der Waals surface area contributed by atoms with Gasteiger partial charge < -0.3 is 9.84 Å². The summed E-state index contributed by atoms with van der Waals surface area (Å²) in [6.45, 7) is 0.376. The molecule has 3 aromatic rings. The molecule has 0 bridgehead atoms. The number of nitrogens with zero attached hydrogens (tertiary/aromatic N) is 1. The molecule has 0 radical (unpaired) electrons. The first-order chi connectivity index (χ1) is 13.6. The topological polar surface area (TPSA) is 70.9 Å². The first-order valence-corrected chi connectivity index (χ1v) is 9.03. The van der Waals surface area contributed by atoms with E-state index in [1.807, 2.05) is 42.5 Å². The number of carbonyl (C=O) groups excluding carboxylic acids is 1. The third-order valence-corrected chi connectivity index (χ3v) is 4.35. The molecule has 0 heterocycles. The molecule has 0 spiro atoms. The third-order valence-electron chi connectivity index (χ3n) is 3.98. The van der Waals surface area contributed by atoms with Gasteiger partial charge in [-0.25, -0.2) is 5.43 Å². The molecule has 0 aliphatic carbocycles. The minimum atomic E-state index is -1.26. The Morgan fingerprint density at radius 2 is 1.71 bits per heavy atom. The lowest BCUT2D eigenvalue weighted by Gasteiger charge is -2.09. The van der Waals surface area contributed by atoms with Crippen LogP contribution in [0, 0.1) is 0 Å². The number of hydrazone groups is 1.